The lowest BCUT2D eigenvalue weighted by atomic mass is 10.1. The van der Waals surface area contributed by atoms with Crippen molar-refractivity contribution >= 4 is 16.4 Å². The minimum absolute atomic E-state index is 0.189. The van der Waals surface area contributed by atoms with Gasteiger partial charge < -0.3 is 0 Å². The van der Waals surface area contributed by atoms with Gasteiger partial charge in [-0.05, 0) is 26.0 Å². The summed E-state index contributed by atoms with van der Waals surface area (Å²) in [6.45, 7) is 3.99. The highest BCUT2D eigenvalue weighted by Crippen LogP contribution is 2.25. The predicted octanol–water partition coefficient (Wildman–Crippen LogP) is 3.13. The topological polar surface area (TPSA) is 95.9 Å². The zero-order valence-electron chi connectivity index (χ0n) is 16.6. The highest BCUT2D eigenvalue weighted by Gasteiger charge is 2.15. The number of hydrogen-bond acceptors (Lipinski definition) is 4. The van der Waals surface area contributed by atoms with E-state index in [-0.39, 0.29) is 11.1 Å². The minimum Gasteiger partial charge on any atom is -0.289 e. The van der Waals surface area contributed by atoms with Crippen molar-refractivity contribution in [1.82, 2.24) is 24.8 Å². The molecule has 0 fully saturated rings. The van der Waals surface area contributed by atoms with Crippen molar-refractivity contribution in [2.45, 2.75) is 20.3 Å². The van der Waals surface area contributed by atoms with Gasteiger partial charge in [-0.15, -0.1) is 0 Å². The Morgan fingerprint density at radius 1 is 0.967 bits per heavy atom. The fourth-order valence-corrected chi connectivity index (χ4v) is 3.85. The van der Waals surface area contributed by atoms with Gasteiger partial charge in [0.25, 0.3) is 11.1 Å². The molecule has 0 amide bonds. The van der Waals surface area contributed by atoms with Crippen LogP contribution in [0.1, 0.15) is 22.5 Å². The molecule has 2 aromatic carbocycles. The monoisotopic (exact) mass is 397 g/mol. The number of H-pyrrole nitrogens is 2. The van der Waals surface area contributed by atoms with Crippen molar-refractivity contribution in [2.24, 2.45) is 0 Å². The summed E-state index contributed by atoms with van der Waals surface area (Å²) in [5.74, 6) is 0. The molecule has 0 unspecified atom stereocenters. The summed E-state index contributed by atoms with van der Waals surface area (Å²) in [6.07, 6.45) is 0.341. The molecule has 0 radical (unpaired) electrons. The zero-order valence-corrected chi connectivity index (χ0v) is 16.6. The quantitative estimate of drug-likeness (QED) is 0.489. The first-order valence-corrected chi connectivity index (χ1v) is 9.66. The van der Waals surface area contributed by atoms with E-state index in [4.69, 9.17) is 4.98 Å². The molecule has 0 atom stereocenters. The van der Waals surface area contributed by atoms with Gasteiger partial charge >= 0.3 is 0 Å². The highest BCUT2D eigenvalue weighted by atomic mass is 16.1. The lowest BCUT2D eigenvalue weighted by molar-refractivity contribution is 0.868. The molecule has 0 bridgehead atoms. The first kappa shape index (κ1) is 18.1. The number of nitrogens with one attached hydrogen (secondary N) is 2. The second-order valence-corrected chi connectivity index (χ2v) is 7.45. The van der Waals surface area contributed by atoms with E-state index in [0.717, 1.165) is 27.8 Å². The van der Waals surface area contributed by atoms with E-state index in [0.29, 0.717) is 28.8 Å². The molecule has 0 spiro atoms. The maximum absolute atomic E-state index is 12.8. The van der Waals surface area contributed by atoms with Crippen molar-refractivity contribution in [3.05, 3.63) is 97.8 Å². The van der Waals surface area contributed by atoms with Gasteiger partial charge in [0.2, 0.25) is 0 Å². The summed E-state index contributed by atoms with van der Waals surface area (Å²) < 4.78 is 1.47. The van der Waals surface area contributed by atoms with Crippen molar-refractivity contribution < 1.29 is 0 Å². The predicted molar refractivity (Wildman–Crippen MR) is 116 cm³/mol. The van der Waals surface area contributed by atoms with E-state index >= 15 is 0 Å². The first-order valence-electron chi connectivity index (χ1n) is 9.66. The molecule has 30 heavy (non-hydrogen) atoms. The van der Waals surface area contributed by atoms with Crippen molar-refractivity contribution in [2.75, 3.05) is 0 Å². The molecule has 0 aliphatic rings. The Kier molecular flexibility index (Phi) is 4.10. The number of hydrogen-bond donors (Lipinski definition) is 2. The number of fused-ring (bicyclic) bond motifs is 2. The van der Waals surface area contributed by atoms with E-state index in [1.165, 1.54) is 10.6 Å². The average Bonchev–Trinajstić information content (AvgIpc) is 3.08. The SMILES string of the molecule is Cc1cccc(-c2[nH]n3c(=O)cc(Cc4n[nH]c(=O)c5ccccc45)nc3c2C)c1. The van der Waals surface area contributed by atoms with Crippen LogP contribution in [0.15, 0.2) is 64.2 Å². The minimum atomic E-state index is -0.234. The third-order valence-electron chi connectivity index (χ3n) is 5.34. The molecule has 0 aliphatic heterocycles. The van der Waals surface area contributed by atoms with Crippen LogP contribution < -0.4 is 11.1 Å². The van der Waals surface area contributed by atoms with Crippen molar-refractivity contribution in [3.8, 4) is 11.3 Å². The number of aromatic nitrogens is 5. The Balaban J connectivity index is 1.64. The Bertz CT molecular complexity index is 1540. The second kappa shape index (κ2) is 6.81. The second-order valence-electron chi connectivity index (χ2n) is 7.45. The van der Waals surface area contributed by atoms with Crippen LogP contribution in [-0.2, 0) is 6.42 Å². The van der Waals surface area contributed by atoms with Crippen LogP contribution in [0.2, 0.25) is 0 Å². The largest absolute Gasteiger partial charge is 0.289 e. The summed E-state index contributed by atoms with van der Waals surface area (Å²) >= 11 is 0. The van der Waals surface area contributed by atoms with Crippen LogP contribution in [0.4, 0.5) is 0 Å². The molecule has 0 saturated heterocycles. The van der Waals surface area contributed by atoms with Gasteiger partial charge in [0, 0.05) is 29.0 Å². The van der Waals surface area contributed by atoms with Crippen LogP contribution in [0.25, 0.3) is 27.7 Å². The Hall–Kier alpha value is -4.00. The van der Waals surface area contributed by atoms with Gasteiger partial charge in [-0.3, -0.25) is 14.7 Å². The van der Waals surface area contributed by atoms with E-state index in [2.05, 4.69) is 21.4 Å². The number of benzene rings is 2. The third-order valence-corrected chi connectivity index (χ3v) is 5.34. The normalized spacial score (nSPS) is 11.4. The van der Waals surface area contributed by atoms with Crippen molar-refractivity contribution in [1.29, 1.82) is 0 Å². The van der Waals surface area contributed by atoms with Gasteiger partial charge in [0.1, 0.15) is 0 Å². The van der Waals surface area contributed by atoms with Crippen molar-refractivity contribution in [3.63, 3.8) is 0 Å². The number of aryl methyl sites for hydroxylation is 2. The molecule has 5 aromatic rings. The lowest BCUT2D eigenvalue weighted by Crippen LogP contribution is -2.17. The van der Waals surface area contributed by atoms with Gasteiger partial charge in [-0.25, -0.2) is 14.6 Å². The molecule has 0 aliphatic carbocycles. The Labute approximate surface area is 171 Å². The summed E-state index contributed by atoms with van der Waals surface area (Å²) in [5, 5.41) is 11.2. The molecule has 2 N–H and O–H groups in total. The Morgan fingerprint density at radius 3 is 2.57 bits per heavy atom. The molecular formula is C23H19N5O2. The zero-order chi connectivity index (χ0) is 20.8. The van der Waals surface area contributed by atoms with Crippen LogP contribution in [0.5, 0.6) is 0 Å². The maximum atomic E-state index is 12.8. The summed E-state index contributed by atoms with van der Waals surface area (Å²) in [4.78, 5) is 29.5. The van der Waals surface area contributed by atoms with Gasteiger partial charge in [0.05, 0.1) is 22.5 Å². The molecule has 3 heterocycles. The molecule has 5 rings (SSSR count). The summed E-state index contributed by atoms with van der Waals surface area (Å²) in [5.41, 5.74) is 5.36. The molecule has 7 nitrogen and oxygen atoms in total. The molecule has 7 heteroatoms. The van der Waals surface area contributed by atoms with Crippen LogP contribution in [0.3, 0.4) is 0 Å². The maximum Gasteiger partial charge on any atom is 0.272 e. The fraction of sp³-hybridized carbons (Fsp3) is 0.130. The van der Waals surface area contributed by atoms with E-state index in [1.807, 2.05) is 50.2 Å². The average molecular weight is 397 g/mol. The van der Waals surface area contributed by atoms with Crippen LogP contribution in [0, 0.1) is 13.8 Å². The highest BCUT2D eigenvalue weighted by molar-refractivity contribution is 5.83. The lowest BCUT2D eigenvalue weighted by Gasteiger charge is -2.05. The summed E-state index contributed by atoms with van der Waals surface area (Å²) in [6, 6.07) is 16.9. The van der Waals surface area contributed by atoms with Gasteiger partial charge in [-0.2, -0.15) is 5.10 Å². The number of rotatable bonds is 3. The third kappa shape index (κ3) is 2.91. The van der Waals surface area contributed by atoms with Crippen LogP contribution >= 0.6 is 0 Å². The first-order chi connectivity index (χ1) is 14.5. The smallest absolute Gasteiger partial charge is 0.272 e. The van der Waals surface area contributed by atoms with E-state index in [9.17, 15) is 9.59 Å². The van der Waals surface area contributed by atoms with Gasteiger partial charge in [-0.1, -0.05) is 42.0 Å². The van der Waals surface area contributed by atoms with Gasteiger partial charge in [0.15, 0.2) is 5.65 Å². The number of aromatic amines is 2. The van der Waals surface area contributed by atoms with E-state index < -0.39 is 0 Å². The fourth-order valence-electron chi connectivity index (χ4n) is 3.85. The molecule has 148 valence electrons. The Morgan fingerprint density at radius 2 is 1.77 bits per heavy atom. The van der Waals surface area contributed by atoms with Crippen LogP contribution in [-0.4, -0.2) is 24.8 Å². The van der Waals surface area contributed by atoms with E-state index in [1.54, 1.807) is 6.07 Å². The molecular weight excluding hydrogens is 378 g/mol. The molecule has 0 saturated carbocycles. The standard InChI is InChI=1S/C23H19N5O2/c1-13-6-5-7-15(10-13)21-14(2)22-24-16(12-20(29)28(22)27-21)11-19-17-8-3-4-9-18(17)23(30)26-25-19/h3-10,12,27H,11H2,1-2H3,(H,26,30). The number of nitrogens with zero attached hydrogens (tertiary/aromatic N) is 3. The molecule has 3 aromatic heterocycles. The summed E-state index contributed by atoms with van der Waals surface area (Å²) in [7, 11) is 0.